The number of azo groups is 1. The van der Waals surface area contributed by atoms with E-state index in [9.17, 15) is 9.59 Å². The molecule has 0 bridgehead atoms. The first kappa shape index (κ1) is 24.9. The van der Waals surface area contributed by atoms with Crippen molar-refractivity contribution in [2.24, 2.45) is 10.2 Å². The number of Topliss-reactive ketones (excluding diaryl/α,β-unsaturated/α-hetero) is 1. The average Bonchev–Trinajstić information content (AvgIpc) is 2.78. The van der Waals surface area contributed by atoms with Crippen LogP contribution in [0, 0.1) is 0 Å². The van der Waals surface area contributed by atoms with Crippen LogP contribution in [0.4, 0.5) is 11.4 Å². The fraction of sp³-hybridized carbons (Fsp3) is 0.364. The molecule has 0 spiro atoms. The van der Waals surface area contributed by atoms with E-state index >= 15 is 0 Å². The zero-order valence-corrected chi connectivity index (χ0v) is 19.4. The summed E-state index contributed by atoms with van der Waals surface area (Å²) in [5.74, 6) is 0.428. The molecule has 0 saturated heterocycles. The van der Waals surface area contributed by atoms with Gasteiger partial charge in [0, 0.05) is 6.07 Å². The van der Waals surface area contributed by atoms with E-state index in [0.29, 0.717) is 41.9 Å². The number of ketones is 1. The third-order valence-electron chi connectivity index (χ3n) is 4.22. The molecule has 0 radical (unpaired) electrons. The Morgan fingerprint density at radius 2 is 1.66 bits per heavy atom. The summed E-state index contributed by atoms with van der Waals surface area (Å²) in [7, 11) is 2.99. The molecule has 1 unspecified atom stereocenters. The van der Waals surface area contributed by atoms with Gasteiger partial charge in [-0.1, -0.05) is 11.6 Å². The highest BCUT2D eigenvalue weighted by molar-refractivity contribution is 6.35. The molecule has 32 heavy (non-hydrogen) atoms. The van der Waals surface area contributed by atoms with Gasteiger partial charge in [-0.15, -0.1) is 0 Å². The second kappa shape index (κ2) is 11.9. The molecule has 2 aromatic carbocycles. The van der Waals surface area contributed by atoms with Gasteiger partial charge in [-0.2, -0.15) is 10.2 Å². The van der Waals surface area contributed by atoms with Crippen molar-refractivity contribution in [2.45, 2.75) is 26.8 Å². The maximum atomic E-state index is 12.9. The van der Waals surface area contributed by atoms with Crippen molar-refractivity contribution in [3.63, 3.8) is 0 Å². The van der Waals surface area contributed by atoms with Gasteiger partial charge in [0.1, 0.15) is 39.4 Å². The van der Waals surface area contributed by atoms with Crippen molar-refractivity contribution in [3.05, 3.63) is 35.4 Å². The summed E-state index contributed by atoms with van der Waals surface area (Å²) in [5.41, 5.74) is 0.520. The molecule has 0 heterocycles. The van der Waals surface area contributed by atoms with E-state index in [1.165, 1.54) is 21.1 Å². The molecule has 1 amide bonds. The van der Waals surface area contributed by atoms with E-state index in [4.69, 9.17) is 30.5 Å². The predicted molar refractivity (Wildman–Crippen MR) is 121 cm³/mol. The van der Waals surface area contributed by atoms with Crippen LogP contribution in [0.15, 0.2) is 40.6 Å². The third-order valence-corrected chi connectivity index (χ3v) is 4.59. The molecule has 0 fully saturated rings. The van der Waals surface area contributed by atoms with Gasteiger partial charge in [-0.3, -0.25) is 9.59 Å². The van der Waals surface area contributed by atoms with Gasteiger partial charge >= 0.3 is 0 Å². The summed E-state index contributed by atoms with van der Waals surface area (Å²) in [6, 6.07) is 6.74. The van der Waals surface area contributed by atoms with Crippen molar-refractivity contribution in [3.8, 4) is 23.0 Å². The number of halogens is 1. The highest BCUT2D eigenvalue weighted by Gasteiger charge is 2.26. The van der Waals surface area contributed by atoms with Crippen molar-refractivity contribution in [1.29, 1.82) is 0 Å². The smallest absolute Gasteiger partial charge is 0.258 e. The molecule has 2 aromatic rings. The van der Waals surface area contributed by atoms with E-state index in [-0.39, 0.29) is 10.7 Å². The summed E-state index contributed by atoms with van der Waals surface area (Å²) in [6.45, 7) is 5.58. The number of methoxy groups -OCH3 is 2. The summed E-state index contributed by atoms with van der Waals surface area (Å²) in [4.78, 5) is 25.1. The van der Waals surface area contributed by atoms with Crippen molar-refractivity contribution in [1.82, 2.24) is 0 Å². The Hall–Kier alpha value is -3.33. The molecule has 2 rings (SSSR count). The number of nitrogens with one attached hydrogen (secondary N) is 1. The SMILES string of the molecule is CCOc1ccc(OCC)c(NC(=O)C(N=Nc2ccc(OC)cc2OC)C(C)=O)c1Cl. The zero-order valence-electron chi connectivity index (χ0n) is 18.6. The fourth-order valence-corrected chi connectivity index (χ4v) is 2.95. The number of anilines is 1. The average molecular weight is 464 g/mol. The first-order valence-corrected chi connectivity index (χ1v) is 10.3. The lowest BCUT2D eigenvalue weighted by Crippen LogP contribution is -2.32. The van der Waals surface area contributed by atoms with Crippen LogP contribution in [0.3, 0.4) is 0 Å². The quantitative estimate of drug-likeness (QED) is 0.377. The Morgan fingerprint density at radius 1 is 1.00 bits per heavy atom. The number of nitrogens with zero attached hydrogens (tertiary/aromatic N) is 2. The monoisotopic (exact) mass is 463 g/mol. The van der Waals surface area contributed by atoms with Gasteiger partial charge in [0.05, 0.1) is 27.4 Å². The summed E-state index contributed by atoms with van der Waals surface area (Å²) < 4.78 is 21.4. The van der Waals surface area contributed by atoms with Crippen molar-refractivity contribution < 1.29 is 28.5 Å². The Morgan fingerprint density at radius 3 is 2.25 bits per heavy atom. The van der Waals surface area contributed by atoms with Crippen molar-refractivity contribution >= 4 is 34.7 Å². The van der Waals surface area contributed by atoms with Gasteiger partial charge in [-0.25, -0.2) is 0 Å². The molecule has 0 aliphatic heterocycles. The molecule has 0 aliphatic carbocycles. The molecule has 1 N–H and O–H groups in total. The first-order chi connectivity index (χ1) is 15.4. The maximum Gasteiger partial charge on any atom is 0.258 e. The van der Waals surface area contributed by atoms with Gasteiger partial charge < -0.3 is 24.3 Å². The highest BCUT2D eigenvalue weighted by atomic mass is 35.5. The number of benzene rings is 2. The normalized spacial score (nSPS) is 11.7. The Bertz CT molecular complexity index is 996. The molecule has 0 saturated carbocycles. The van der Waals surface area contributed by atoms with Gasteiger partial charge in [0.2, 0.25) is 6.04 Å². The van der Waals surface area contributed by atoms with E-state index in [1.54, 1.807) is 37.3 Å². The summed E-state index contributed by atoms with van der Waals surface area (Å²) in [5, 5.41) is 10.8. The fourth-order valence-electron chi connectivity index (χ4n) is 2.70. The molecule has 9 nitrogen and oxygen atoms in total. The Labute approximate surface area is 191 Å². The molecule has 1 atom stereocenters. The van der Waals surface area contributed by atoms with Crippen LogP contribution in [-0.4, -0.2) is 45.2 Å². The number of ether oxygens (including phenoxy) is 4. The lowest BCUT2D eigenvalue weighted by Gasteiger charge is -2.17. The van der Waals surface area contributed by atoms with Crippen LogP contribution in [0.1, 0.15) is 20.8 Å². The van der Waals surface area contributed by atoms with Crippen LogP contribution < -0.4 is 24.3 Å². The Balaban J connectivity index is 2.35. The number of hydrogen-bond acceptors (Lipinski definition) is 8. The van der Waals surface area contributed by atoms with Crippen LogP contribution in [0.25, 0.3) is 0 Å². The number of carbonyl (C=O) groups excluding carboxylic acids is 2. The molecule has 172 valence electrons. The van der Waals surface area contributed by atoms with Crippen LogP contribution in [0.2, 0.25) is 5.02 Å². The summed E-state index contributed by atoms with van der Waals surface area (Å²) in [6.07, 6.45) is 0. The van der Waals surface area contributed by atoms with Crippen LogP contribution in [0.5, 0.6) is 23.0 Å². The van der Waals surface area contributed by atoms with Crippen LogP contribution >= 0.6 is 11.6 Å². The third kappa shape index (κ3) is 6.10. The van der Waals surface area contributed by atoms with E-state index in [0.717, 1.165) is 0 Å². The highest BCUT2D eigenvalue weighted by Crippen LogP contribution is 2.40. The van der Waals surface area contributed by atoms with E-state index in [2.05, 4.69) is 15.5 Å². The first-order valence-electron chi connectivity index (χ1n) is 9.88. The van der Waals surface area contributed by atoms with Gasteiger partial charge in [-0.05, 0) is 45.0 Å². The van der Waals surface area contributed by atoms with Crippen molar-refractivity contribution in [2.75, 3.05) is 32.8 Å². The van der Waals surface area contributed by atoms with Gasteiger partial charge in [0.25, 0.3) is 5.91 Å². The van der Waals surface area contributed by atoms with E-state index in [1.807, 2.05) is 6.92 Å². The number of amides is 1. The number of carbonyl (C=O) groups is 2. The predicted octanol–water partition coefficient (Wildman–Crippen LogP) is 4.83. The van der Waals surface area contributed by atoms with E-state index < -0.39 is 17.7 Å². The lowest BCUT2D eigenvalue weighted by atomic mass is 10.2. The minimum Gasteiger partial charge on any atom is -0.497 e. The number of rotatable bonds is 11. The number of hydrogen-bond donors (Lipinski definition) is 1. The lowest BCUT2D eigenvalue weighted by molar-refractivity contribution is -0.126. The van der Waals surface area contributed by atoms with Crippen LogP contribution in [-0.2, 0) is 9.59 Å². The standard InChI is InChI=1S/C22H26ClN3O6/c1-6-31-16-10-11-17(32-7-2)21(19(16)23)24-22(28)20(13(3)27)26-25-15-9-8-14(29-4)12-18(15)30-5/h8-12,20H,6-7H2,1-5H3,(H,24,28). The summed E-state index contributed by atoms with van der Waals surface area (Å²) >= 11 is 6.41. The zero-order chi connectivity index (χ0) is 23.7. The molecule has 0 aromatic heterocycles. The maximum absolute atomic E-state index is 12.9. The molecular weight excluding hydrogens is 438 g/mol. The second-order valence-electron chi connectivity index (χ2n) is 6.37. The Kier molecular flexibility index (Phi) is 9.27. The topological polar surface area (TPSA) is 108 Å². The largest absolute Gasteiger partial charge is 0.497 e. The molecular formula is C22H26ClN3O6. The molecule has 10 heteroatoms. The minimum atomic E-state index is -1.41. The molecule has 0 aliphatic rings. The second-order valence-corrected chi connectivity index (χ2v) is 6.75. The van der Waals surface area contributed by atoms with Gasteiger partial charge in [0.15, 0.2) is 5.78 Å². The minimum absolute atomic E-state index is 0.155.